The molecule has 18 heavy (non-hydrogen) atoms. The fraction of sp³-hybridized carbons (Fsp3) is 0.800. The molecule has 3 nitrogen and oxygen atoms in total. The van der Waals surface area contributed by atoms with Crippen molar-refractivity contribution < 1.29 is 0 Å². The predicted molar refractivity (Wildman–Crippen MR) is 75.5 cm³/mol. The van der Waals surface area contributed by atoms with E-state index < -0.39 is 0 Å². The van der Waals surface area contributed by atoms with Crippen LogP contribution in [0.25, 0.3) is 0 Å². The first-order chi connectivity index (χ1) is 8.86. The minimum Gasteiger partial charge on any atom is -0.337 e. The normalized spacial score (nSPS) is 19.6. The molecule has 102 valence electrons. The number of hydrogen-bond acceptors (Lipinski definition) is 2. The van der Waals surface area contributed by atoms with Crippen LogP contribution in [0.4, 0.5) is 0 Å². The number of hydrogen-bond donors (Lipinski definition) is 1. The predicted octanol–water partition coefficient (Wildman–Crippen LogP) is 3.22. The first-order valence-electron chi connectivity index (χ1n) is 7.55. The second kappa shape index (κ2) is 7.57. The fourth-order valence-electron chi connectivity index (χ4n) is 2.99. The second-order valence-corrected chi connectivity index (χ2v) is 5.65. The van der Waals surface area contributed by atoms with Crippen LogP contribution in [0.5, 0.6) is 0 Å². The molecule has 0 spiro atoms. The molecule has 1 heterocycles. The van der Waals surface area contributed by atoms with Crippen LogP contribution in [-0.4, -0.2) is 22.1 Å². The maximum absolute atomic E-state index is 4.06. The lowest BCUT2D eigenvalue weighted by molar-refractivity contribution is 0.335. The highest BCUT2D eigenvalue weighted by Gasteiger charge is 2.18. The van der Waals surface area contributed by atoms with E-state index in [2.05, 4.69) is 21.8 Å². The van der Waals surface area contributed by atoms with Gasteiger partial charge in [0.25, 0.3) is 0 Å². The van der Waals surface area contributed by atoms with Gasteiger partial charge in [0.15, 0.2) is 0 Å². The minimum absolute atomic E-state index is 0.686. The van der Waals surface area contributed by atoms with Gasteiger partial charge >= 0.3 is 0 Å². The molecule has 0 unspecified atom stereocenters. The topological polar surface area (TPSA) is 29.9 Å². The van der Waals surface area contributed by atoms with Crippen LogP contribution in [0, 0.1) is 5.92 Å². The number of nitrogens with zero attached hydrogens (tertiary/aromatic N) is 2. The molecule has 1 aliphatic rings. The maximum atomic E-state index is 4.06. The van der Waals surface area contributed by atoms with Crippen molar-refractivity contribution in [2.75, 3.05) is 6.54 Å². The summed E-state index contributed by atoms with van der Waals surface area (Å²) in [7, 11) is 0. The van der Waals surface area contributed by atoms with Gasteiger partial charge in [-0.15, -0.1) is 0 Å². The van der Waals surface area contributed by atoms with Crippen LogP contribution in [0.3, 0.4) is 0 Å². The third-order valence-corrected chi connectivity index (χ3v) is 4.23. The number of rotatable bonds is 6. The fourth-order valence-corrected chi connectivity index (χ4v) is 2.99. The highest BCUT2D eigenvalue weighted by Crippen LogP contribution is 2.25. The Morgan fingerprint density at radius 2 is 2.06 bits per heavy atom. The number of aromatic nitrogens is 2. The van der Waals surface area contributed by atoms with Crippen molar-refractivity contribution in [3.63, 3.8) is 0 Å². The first-order valence-corrected chi connectivity index (χ1v) is 7.55. The Balaban J connectivity index is 1.60. The van der Waals surface area contributed by atoms with E-state index in [4.69, 9.17) is 0 Å². The molecule has 3 heteroatoms. The lowest BCUT2D eigenvalue weighted by Crippen LogP contribution is -2.34. The molecular formula is C15H27N3. The molecule has 1 N–H and O–H groups in total. The molecule has 1 saturated carbocycles. The average molecular weight is 249 g/mol. The molecule has 1 fully saturated rings. The van der Waals surface area contributed by atoms with E-state index in [1.54, 1.807) is 0 Å². The molecule has 1 aromatic rings. The second-order valence-electron chi connectivity index (χ2n) is 5.65. The summed E-state index contributed by atoms with van der Waals surface area (Å²) in [6.07, 6.45) is 15.6. The Morgan fingerprint density at radius 1 is 1.28 bits per heavy atom. The largest absolute Gasteiger partial charge is 0.337 e. The van der Waals surface area contributed by atoms with Gasteiger partial charge in [0, 0.05) is 25.0 Å². The van der Waals surface area contributed by atoms with Gasteiger partial charge in [0.2, 0.25) is 0 Å². The third-order valence-electron chi connectivity index (χ3n) is 4.23. The van der Waals surface area contributed by atoms with Gasteiger partial charge in [0.1, 0.15) is 0 Å². The summed E-state index contributed by atoms with van der Waals surface area (Å²) < 4.78 is 2.15. The zero-order valence-corrected chi connectivity index (χ0v) is 11.6. The van der Waals surface area contributed by atoms with Gasteiger partial charge in [-0.3, -0.25) is 0 Å². The van der Waals surface area contributed by atoms with Gasteiger partial charge in [-0.1, -0.05) is 25.7 Å². The third kappa shape index (κ3) is 4.45. The van der Waals surface area contributed by atoms with Crippen LogP contribution in [-0.2, 0) is 6.54 Å². The lowest BCUT2D eigenvalue weighted by atomic mass is 9.93. The van der Waals surface area contributed by atoms with E-state index in [-0.39, 0.29) is 0 Å². The van der Waals surface area contributed by atoms with Crippen molar-refractivity contribution in [2.45, 2.75) is 64.5 Å². The molecule has 0 saturated heterocycles. The maximum Gasteiger partial charge on any atom is 0.0945 e. The SMILES string of the molecule is C[C@H](NCCCn1ccnc1)C1CCCCCC1. The van der Waals surface area contributed by atoms with E-state index in [1.165, 1.54) is 44.9 Å². The summed E-state index contributed by atoms with van der Waals surface area (Å²) in [5.74, 6) is 0.903. The zero-order chi connectivity index (χ0) is 12.6. The van der Waals surface area contributed by atoms with Gasteiger partial charge in [-0.05, 0) is 38.6 Å². The summed E-state index contributed by atoms with van der Waals surface area (Å²) in [5.41, 5.74) is 0. The smallest absolute Gasteiger partial charge is 0.0945 e. The van der Waals surface area contributed by atoms with Gasteiger partial charge in [-0.25, -0.2) is 4.98 Å². The monoisotopic (exact) mass is 249 g/mol. The highest BCUT2D eigenvalue weighted by molar-refractivity contribution is 4.76. The van der Waals surface area contributed by atoms with Crippen molar-refractivity contribution in [2.24, 2.45) is 5.92 Å². The van der Waals surface area contributed by atoms with E-state index in [0.717, 1.165) is 19.0 Å². The Kier molecular flexibility index (Phi) is 5.72. The van der Waals surface area contributed by atoms with Crippen LogP contribution in [0.2, 0.25) is 0 Å². The van der Waals surface area contributed by atoms with E-state index in [9.17, 15) is 0 Å². The molecular weight excluding hydrogens is 222 g/mol. The van der Waals surface area contributed by atoms with Crippen LogP contribution >= 0.6 is 0 Å². The zero-order valence-electron chi connectivity index (χ0n) is 11.6. The Hall–Kier alpha value is -0.830. The van der Waals surface area contributed by atoms with E-state index in [1.807, 2.05) is 18.7 Å². The summed E-state index contributed by atoms with van der Waals surface area (Å²) in [6, 6.07) is 0.686. The van der Waals surface area contributed by atoms with Crippen molar-refractivity contribution >= 4 is 0 Å². The first kappa shape index (κ1) is 13.6. The van der Waals surface area contributed by atoms with Crippen molar-refractivity contribution in [1.29, 1.82) is 0 Å². The summed E-state index contributed by atoms with van der Waals surface area (Å²) >= 11 is 0. The molecule has 0 amide bonds. The number of nitrogens with one attached hydrogen (secondary N) is 1. The van der Waals surface area contributed by atoms with E-state index >= 15 is 0 Å². The van der Waals surface area contributed by atoms with Gasteiger partial charge < -0.3 is 9.88 Å². The summed E-state index contributed by atoms with van der Waals surface area (Å²) in [5, 5.41) is 3.71. The highest BCUT2D eigenvalue weighted by atomic mass is 15.0. The number of aryl methyl sites for hydroxylation is 1. The van der Waals surface area contributed by atoms with Crippen molar-refractivity contribution in [1.82, 2.24) is 14.9 Å². The molecule has 0 radical (unpaired) electrons. The van der Waals surface area contributed by atoms with Gasteiger partial charge in [-0.2, -0.15) is 0 Å². The Labute approximate surface area is 111 Å². The summed E-state index contributed by atoms with van der Waals surface area (Å²) in [6.45, 7) is 4.56. The quantitative estimate of drug-likeness (QED) is 0.619. The molecule has 0 aromatic carbocycles. The molecule has 1 atom stereocenters. The number of imidazole rings is 1. The van der Waals surface area contributed by atoms with Crippen LogP contribution in [0.1, 0.15) is 51.9 Å². The van der Waals surface area contributed by atoms with E-state index in [0.29, 0.717) is 6.04 Å². The van der Waals surface area contributed by atoms with Crippen molar-refractivity contribution in [3.05, 3.63) is 18.7 Å². The molecule has 1 aliphatic carbocycles. The standard InChI is InChI=1S/C15H27N3/c1-14(15-7-4-2-3-5-8-15)17-9-6-11-18-12-10-16-13-18/h10,12-15,17H,2-9,11H2,1H3/t14-/m0/s1. The molecule has 1 aromatic heterocycles. The average Bonchev–Trinajstić information content (AvgIpc) is 2.74. The Bertz CT molecular complexity index is 300. The van der Waals surface area contributed by atoms with Gasteiger partial charge in [0.05, 0.1) is 6.33 Å². The summed E-state index contributed by atoms with van der Waals surface area (Å²) in [4.78, 5) is 4.06. The minimum atomic E-state index is 0.686. The van der Waals surface area contributed by atoms with Crippen LogP contribution < -0.4 is 5.32 Å². The molecule has 0 bridgehead atoms. The lowest BCUT2D eigenvalue weighted by Gasteiger charge is -2.23. The Morgan fingerprint density at radius 3 is 2.72 bits per heavy atom. The molecule has 0 aliphatic heterocycles. The molecule has 2 rings (SSSR count). The van der Waals surface area contributed by atoms with Crippen molar-refractivity contribution in [3.8, 4) is 0 Å². The van der Waals surface area contributed by atoms with Crippen LogP contribution in [0.15, 0.2) is 18.7 Å².